The normalized spacial score (nSPS) is 15.6. The lowest BCUT2D eigenvalue weighted by Crippen LogP contribution is -2.41. The van der Waals surface area contributed by atoms with Crippen LogP contribution in [0.15, 0.2) is 47.8 Å². The largest absolute Gasteiger partial charge is 0.342 e. The van der Waals surface area contributed by atoms with Crippen LogP contribution in [0.5, 0.6) is 0 Å². The molecule has 5 nitrogen and oxygen atoms in total. The lowest BCUT2D eigenvalue weighted by Gasteiger charge is -2.22. The van der Waals surface area contributed by atoms with E-state index in [1.807, 2.05) is 22.4 Å². The van der Waals surface area contributed by atoms with Crippen molar-refractivity contribution in [3.63, 3.8) is 0 Å². The Hall–Kier alpha value is -2.18. The molecule has 6 heteroatoms. The van der Waals surface area contributed by atoms with Gasteiger partial charge in [-0.25, -0.2) is 0 Å². The van der Waals surface area contributed by atoms with Crippen molar-refractivity contribution in [3.8, 4) is 0 Å². The van der Waals surface area contributed by atoms with Crippen LogP contribution in [0.2, 0.25) is 0 Å². The van der Waals surface area contributed by atoms with E-state index in [1.54, 1.807) is 6.07 Å². The predicted octanol–water partition coefficient (Wildman–Crippen LogP) is 2.21. The lowest BCUT2D eigenvalue weighted by molar-refractivity contribution is -0.130. The highest BCUT2D eigenvalue weighted by Gasteiger charge is 2.19. The van der Waals surface area contributed by atoms with E-state index in [-0.39, 0.29) is 18.4 Å². The Morgan fingerprint density at radius 1 is 1.00 bits per heavy atom. The quantitative estimate of drug-likeness (QED) is 0.893. The molecular formula is C19H23N3O2S. The number of nitrogens with one attached hydrogen (secondary N) is 1. The van der Waals surface area contributed by atoms with E-state index in [4.69, 9.17) is 0 Å². The third kappa shape index (κ3) is 5.14. The molecule has 0 radical (unpaired) electrons. The second kappa shape index (κ2) is 8.78. The molecule has 1 aliphatic heterocycles. The summed E-state index contributed by atoms with van der Waals surface area (Å²) in [6.07, 6.45) is 0.956. The van der Waals surface area contributed by atoms with Gasteiger partial charge in [0.1, 0.15) is 0 Å². The van der Waals surface area contributed by atoms with E-state index < -0.39 is 0 Å². The van der Waals surface area contributed by atoms with Crippen molar-refractivity contribution in [3.05, 3.63) is 58.3 Å². The second-order valence-electron chi connectivity index (χ2n) is 6.16. The van der Waals surface area contributed by atoms with E-state index in [9.17, 15) is 9.59 Å². The van der Waals surface area contributed by atoms with Gasteiger partial charge in [-0.2, -0.15) is 0 Å². The number of amides is 2. The predicted molar refractivity (Wildman–Crippen MR) is 99.6 cm³/mol. The molecular weight excluding hydrogens is 334 g/mol. The first-order valence-corrected chi connectivity index (χ1v) is 9.46. The topological polar surface area (TPSA) is 52.7 Å². The van der Waals surface area contributed by atoms with Gasteiger partial charge in [0.05, 0.1) is 11.4 Å². The zero-order chi connectivity index (χ0) is 17.5. The molecule has 2 heterocycles. The van der Waals surface area contributed by atoms with Gasteiger partial charge in [0, 0.05) is 32.7 Å². The Kier molecular flexibility index (Phi) is 6.19. The first-order valence-electron chi connectivity index (χ1n) is 8.58. The third-order valence-electron chi connectivity index (χ3n) is 4.34. The van der Waals surface area contributed by atoms with Crippen LogP contribution in [-0.4, -0.2) is 54.3 Å². The van der Waals surface area contributed by atoms with Crippen molar-refractivity contribution in [1.82, 2.24) is 15.1 Å². The van der Waals surface area contributed by atoms with Gasteiger partial charge in [-0.3, -0.25) is 14.5 Å². The molecule has 132 valence electrons. The maximum absolute atomic E-state index is 12.4. The van der Waals surface area contributed by atoms with Gasteiger partial charge in [-0.15, -0.1) is 11.3 Å². The Morgan fingerprint density at radius 2 is 1.84 bits per heavy atom. The van der Waals surface area contributed by atoms with Crippen molar-refractivity contribution in [1.29, 1.82) is 0 Å². The highest BCUT2D eigenvalue weighted by Crippen LogP contribution is 2.10. The van der Waals surface area contributed by atoms with Gasteiger partial charge in [0.25, 0.3) is 5.91 Å². The molecule has 1 aliphatic rings. The maximum Gasteiger partial charge on any atom is 0.261 e. The molecule has 1 saturated heterocycles. The highest BCUT2D eigenvalue weighted by molar-refractivity contribution is 7.12. The summed E-state index contributed by atoms with van der Waals surface area (Å²) >= 11 is 1.38. The van der Waals surface area contributed by atoms with Crippen molar-refractivity contribution in [2.24, 2.45) is 0 Å². The maximum atomic E-state index is 12.4. The number of hydrogen-bond donors (Lipinski definition) is 1. The van der Waals surface area contributed by atoms with Crippen LogP contribution in [-0.2, 0) is 11.3 Å². The van der Waals surface area contributed by atoms with Gasteiger partial charge in [-0.05, 0) is 23.4 Å². The fourth-order valence-corrected chi connectivity index (χ4v) is 3.62. The molecule has 0 unspecified atom stereocenters. The van der Waals surface area contributed by atoms with Gasteiger partial charge >= 0.3 is 0 Å². The standard InChI is InChI=1S/C19H23N3O2S/c23-18(14-20-19(24)17-8-4-13-25-17)22-10-5-9-21(11-12-22)15-16-6-2-1-3-7-16/h1-4,6-8,13H,5,9-12,14-15H2,(H,20,24). The van der Waals surface area contributed by atoms with Gasteiger partial charge in [-0.1, -0.05) is 36.4 Å². The van der Waals surface area contributed by atoms with Crippen molar-refractivity contribution >= 4 is 23.2 Å². The minimum absolute atomic E-state index is 0.00790. The summed E-state index contributed by atoms with van der Waals surface area (Å²) in [5, 5.41) is 4.57. The Balaban J connectivity index is 1.45. The Morgan fingerprint density at radius 3 is 2.60 bits per heavy atom. The number of rotatable bonds is 5. The Labute approximate surface area is 152 Å². The van der Waals surface area contributed by atoms with Crippen LogP contribution < -0.4 is 5.32 Å². The number of nitrogens with zero attached hydrogens (tertiary/aromatic N) is 2. The van der Waals surface area contributed by atoms with Gasteiger partial charge in [0.2, 0.25) is 5.91 Å². The molecule has 1 aromatic heterocycles. The summed E-state index contributed by atoms with van der Waals surface area (Å²) in [7, 11) is 0. The molecule has 2 amide bonds. The summed E-state index contributed by atoms with van der Waals surface area (Å²) in [6, 6.07) is 14.0. The first-order chi connectivity index (χ1) is 12.2. The van der Waals surface area contributed by atoms with E-state index in [1.165, 1.54) is 16.9 Å². The zero-order valence-corrected chi connectivity index (χ0v) is 15.0. The van der Waals surface area contributed by atoms with Gasteiger partial charge in [0.15, 0.2) is 0 Å². The number of benzene rings is 1. The summed E-state index contributed by atoms with van der Waals surface area (Å²) in [5.74, 6) is -0.185. The molecule has 0 saturated carbocycles. The summed E-state index contributed by atoms with van der Waals surface area (Å²) < 4.78 is 0. The molecule has 0 aliphatic carbocycles. The average molecular weight is 357 g/mol. The van der Waals surface area contributed by atoms with E-state index in [0.717, 1.165) is 32.6 Å². The van der Waals surface area contributed by atoms with Crippen LogP contribution in [0.4, 0.5) is 0 Å². The van der Waals surface area contributed by atoms with Crippen molar-refractivity contribution in [2.75, 3.05) is 32.7 Å². The van der Waals surface area contributed by atoms with E-state index in [0.29, 0.717) is 11.4 Å². The summed E-state index contributed by atoms with van der Waals surface area (Å²) in [4.78, 5) is 29.2. The SMILES string of the molecule is O=C(NCC(=O)N1CCCN(Cc2ccccc2)CC1)c1cccs1. The number of hydrogen-bond acceptors (Lipinski definition) is 4. The van der Waals surface area contributed by atoms with Crippen molar-refractivity contribution in [2.45, 2.75) is 13.0 Å². The Bertz CT molecular complexity index is 688. The monoisotopic (exact) mass is 357 g/mol. The van der Waals surface area contributed by atoms with Crippen LogP contribution in [0.25, 0.3) is 0 Å². The van der Waals surface area contributed by atoms with Crippen LogP contribution in [0.3, 0.4) is 0 Å². The molecule has 1 N–H and O–H groups in total. The number of carbonyl (C=O) groups is 2. The minimum Gasteiger partial charge on any atom is -0.342 e. The van der Waals surface area contributed by atoms with E-state index >= 15 is 0 Å². The second-order valence-corrected chi connectivity index (χ2v) is 7.10. The van der Waals surface area contributed by atoms with Crippen LogP contribution >= 0.6 is 11.3 Å². The molecule has 0 atom stereocenters. The highest BCUT2D eigenvalue weighted by atomic mass is 32.1. The molecule has 1 aromatic carbocycles. The molecule has 0 spiro atoms. The fraction of sp³-hybridized carbons (Fsp3) is 0.368. The zero-order valence-electron chi connectivity index (χ0n) is 14.2. The third-order valence-corrected chi connectivity index (χ3v) is 5.20. The van der Waals surface area contributed by atoms with Crippen molar-refractivity contribution < 1.29 is 9.59 Å². The summed E-state index contributed by atoms with van der Waals surface area (Å²) in [6.45, 7) is 4.28. The van der Waals surface area contributed by atoms with E-state index in [2.05, 4.69) is 34.5 Å². The van der Waals surface area contributed by atoms with Crippen LogP contribution in [0, 0.1) is 0 Å². The minimum atomic E-state index is -0.177. The fourth-order valence-electron chi connectivity index (χ4n) is 2.98. The average Bonchev–Trinajstić information content (AvgIpc) is 3.08. The number of carbonyl (C=O) groups excluding carboxylic acids is 2. The summed E-state index contributed by atoms with van der Waals surface area (Å²) in [5.41, 5.74) is 1.30. The molecule has 0 bridgehead atoms. The smallest absolute Gasteiger partial charge is 0.261 e. The molecule has 3 rings (SSSR count). The van der Waals surface area contributed by atoms with Crippen LogP contribution in [0.1, 0.15) is 21.7 Å². The first kappa shape index (κ1) is 17.6. The van der Waals surface area contributed by atoms with Gasteiger partial charge < -0.3 is 10.2 Å². The lowest BCUT2D eigenvalue weighted by atomic mass is 10.2. The molecule has 25 heavy (non-hydrogen) atoms. The molecule has 2 aromatic rings. The number of thiophene rings is 1. The molecule has 1 fully saturated rings.